The molecular weight excluding hydrogens is 290 g/mol. The van der Waals surface area contributed by atoms with E-state index in [0.717, 1.165) is 0 Å². The lowest BCUT2D eigenvalue weighted by molar-refractivity contribution is -0.00550. The second-order valence-electron chi connectivity index (χ2n) is 3.98. The minimum absolute atomic E-state index is 0.0880. The van der Waals surface area contributed by atoms with Gasteiger partial charge in [-0.25, -0.2) is 0 Å². The van der Waals surface area contributed by atoms with Crippen molar-refractivity contribution in [1.29, 1.82) is 0 Å². The Morgan fingerprint density at radius 2 is 2.42 bits per heavy atom. The maximum atomic E-state index is 12.5. The molecule has 0 aromatic carbocycles. The molecule has 3 rings (SSSR count). The fourth-order valence-corrected chi connectivity index (χ4v) is 2.96. The number of rotatable bonds is 2. The van der Waals surface area contributed by atoms with E-state index < -0.39 is 0 Å². The first-order valence-electron chi connectivity index (χ1n) is 5.66. The Labute approximate surface area is 117 Å². The van der Waals surface area contributed by atoms with E-state index >= 15 is 0 Å². The largest absolute Gasteiger partial charge is 0.377 e. The summed E-state index contributed by atoms with van der Waals surface area (Å²) in [6, 6.07) is 3.11. The van der Waals surface area contributed by atoms with Crippen molar-refractivity contribution >= 4 is 28.8 Å². The summed E-state index contributed by atoms with van der Waals surface area (Å²) in [6.07, 6.45) is 1.24. The molecule has 0 radical (unpaired) electrons. The Morgan fingerprint density at radius 3 is 3.11 bits per heavy atom. The van der Waals surface area contributed by atoms with Crippen molar-refractivity contribution < 1.29 is 14.1 Å². The van der Waals surface area contributed by atoms with Crippen LogP contribution >= 0.6 is 22.9 Å². The third-order valence-corrected chi connectivity index (χ3v) is 4.07. The average Bonchev–Trinajstić information content (AvgIpc) is 3.09. The molecule has 2 aromatic rings. The zero-order chi connectivity index (χ0) is 13.2. The molecule has 6 nitrogen and oxygen atoms in total. The number of thiophene rings is 1. The Hall–Kier alpha value is -1.44. The van der Waals surface area contributed by atoms with Crippen LogP contribution in [0.4, 0.5) is 0 Å². The van der Waals surface area contributed by atoms with Crippen LogP contribution in [0.3, 0.4) is 0 Å². The van der Waals surface area contributed by atoms with Crippen molar-refractivity contribution in [3.8, 4) is 0 Å². The second-order valence-corrected chi connectivity index (χ2v) is 5.70. The SMILES string of the molecule is O=C(c1ccc(Cl)s1)N1CCOC[C@@H]1c1ncon1. The van der Waals surface area contributed by atoms with Gasteiger partial charge in [-0.2, -0.15) is 4.98 Å². The van der Waals surface area contributed by atoms with Crippen LogP contribution in [0.5, 0.6) is 0 Å². The summed E-state index contributed by atoms with van der Waals surface area (Å²) in [5, 5.41) is 3.79. The number of aromatic nitrogens is 2. The first-order valence-corrected chi connectivity index (χ1v) is 6.85. The molecule has 0 spiro atoms. The van der Waals surface area contributed by atoms with E-state index in [1.165, 1.54) is 17.7 Å². The molecule has 3 heterocycles. The predicted molar refractivity (Wildman–Crippen MR) is 68.2 cm³/mol. The van der Waals surface area contributed by atoms with E-state index in [0.29, 0.717) is 34.8 Å². The molecule has 1 aliphatic heterocycles. The third-order valence-electron chi connectivity index (χ3n) is 2.85. The molecule has 1 amide bonds. The monoisotopic (exact) mass is 299 g/mol. The van der Waals surface area contributed by atoms with E-state index in [-0.39, 0.29) is 11.9 Å². The fraction of sp³-hybridized carbons (Fsp3) is 0.364. The van der Waals surface area contributed by atoms with Gasteiger partial charge in [-0.15, -0.1) is 11.3 Å². The van der Waals surface area contributed by atoms with Crippen molar-refractivity contribution in [1.82, 2.24) is 15.0 Å². The molecule has 19 heavy (non-hydrogen) atoms. The van der Waals surface area contributed by atoms with Crippen LogP contribution in [0.1, 0.15) is 21.5 Å². The lowest BCUT2D eigenvalue weighted by Gasteiger charge is -2.33. The molecule has 8 heteroatoms. The molecule has 0 aliphatic carbocycles. The van der Waals surface area contributed by atoms with Gasteiger partial charge >= 0.3 is 0 Å². The van der Waals surface area contributed by atoms with Crippen molar-refractivity contribution in [2.45, 2.75) is 6.04 Å². The molecule has 1 aliphatic rings. The minimum atomic E-state index is -0.319. The number of amides is 1. The molecule has 100 valence electrons. The second kappa shape index (κ2) is 5.28. The summed E-state index contributed by atoms with van der Waals surface area (Å²) in [6.45, 7) is 1.36. The number of hydrogen-bond acceptors (Lipinski definition) is 6. The highest BCUT2D eigenvalue weighted by atomic mass is 35.5. The highest BCUT2D eigenvalue weighted by molar-refractivity contribution is 7.17. The maximum absolute atomic E-state index is 12.5. The molecule has 2 aromatic heterocycles. The predicted octanol–water partition coefficient (Wildman–Crippen LogP) is 2.00. The Morgan fingerprint density at radius 1 is 1.53 bits per heavy atom. The molecule has 1 saturated heterocycles. The average molecular weight is 300 g/mol. The molecule has 0 saturated carbocycles. The van der Waals surface area contributed by atoms with Gasteiger partial charge in [0.25, 0.3) is 5.91 Å². The van der Waals surface area contributed by atoms with Gasteiger partial charge in [0.2, 0.25) is 6.39 Å². The standard InChI is InChI=1S/C11H10ClN3O3S/c12-9-2-1-8(19-9)11(16)15-3-4-17-5-7(15)10-13-6-18-14-10/h1-2,6-7H,3-5H2/t7-/m1/s1. The smallest absolute Gasteiger partial charge is 0.264 e. The molecule has 1 atom stereocenters. The highest BCUT2D eigenvalue weighted by Crippen LogP contribution is 2.27. The van der Waals surface area contributed by atoms with Gasteiger partial charge < -0.3 is 14.2 Å². The minimum Gasteiger partial charge on any atom is -0.377 e. The number of halogens is 1. The molecule has 0 bridgehead atoms. The fourth-order valence-electron chi connectivity index (χ4n) is 1.96. The number of hydrogen-bond donors (Lipinski definition) is 0. The van der Waals surface area contributed by atoms with Gasteiger partial charge in [0.15, 0.2) is 5.82 Å². The third kappa shape index (κ3) is 2.49. The van der Waals surface area contributed by atoms with E-state index in [1.54, 1.807) is 17.0 Å². The van der Waals surface area contributed by atoms with Crippen molar-refractivity contribution in [3.05, 3.63) is 33.6 Å². The maximum Gasteiger partial charge on any atom is 0.264 e. The topological polar surface area (TPSA) is 68.5 Å². The molecule has 0 unspecified atom stereocenters. The zero-order valence-electron chi connectivity index (χ0n) is 9.78. The van der Waals surface area contributed by atoms with Crippen molar-refractivity contribution in [2.75, 3.05) is 19.8 Å². The molecular formula is C11H10ClN3O3S. The van der Waals surface area contributed by atoms with Gasteiger partial charge in [-0.1, -0.05) is 16.8 Å². The van der Waals surface area contributed by atoms with E-state index in [9.17, 15) is 4.79 Å². The summed E-state index contributed by atoms with van der Waals surface area (Å²) in [4.78, 5) is 18.7. The quantitative estimate of drug-likeness (QED) is 0.848. The van der Waals surface area contributed by atoms with E-state index in [1.807, 2.05) is 0 Å². The first-order chi connectivity index (χ1) is 9.25. The van der Waals surface area contributed by atoms with Crippen LogP contribution in [0.25, 0.3) is 0 Å². The van der Waals surface area contributed by atoms with Gasteiger partial charge in [0.1, 0.15) is 6.04 Å². The Bertz CT molecular complexity index is 572. The Kier molecular flexibility index (Phi) is 3.50. The van der Waals surface area contributed by atoms with Gasteiger partial charge in [-0.05, 0) is 12.1 Å². The number of carbonyl (C=O) groups is 1. The van der Waals surface area contributed by atoms with Gasteiger partial charge in [0.05, 0.1) is 22.4 Å². The lowest BCUT2D eigenvalue weighted by atomic mass is 10.2. The summed E-state index contributed by atoms with van der Waals surface area (Å²) < 4.78 is 10.7. The summed E-state index contributed by atoms with van der Waals surface area (Å²) in [5.74, 6) is 0.366. The highest BCUT2D eigenvalue weighted by Gasteiger charge is 2.32. The van der Waals surface area contributed by atoms with Crippen molar-refractivity contribution in [3.63, 3.8) is 0 Å². The normalized spacial score (nSPS) is 19.6. The number of ether oxygens (including phenoxy) is 1. The summed E-state index contributed by atoms with van der Waals surface area (Å²) >= 11 is 7.12. The molecule has 1 fully saturated rings. The first kappa shape index (κ1) is 12.6. The number of nitrogens with zero attached hydrogens (tertiary/aromatic N) is 3. The van der Waals surface area contributed by atoms with Crippen LogP contribution in [0.2, 0.25) is 4.34 Å². The van der Waals surface area contributed by atoms with Gasteiger partial charge in [-0.3, -0.25) is 4.79 Å². The number of carbonyl (C=O) groups excluding carboxylic acids is 1. The van der Waals surface area contributed by atoms with Crippen molar-refractivity contribution in [2.24, 2.45) is 0 Å². The summed E-state index contributed by atoms with van der Waals surface area (Å²) in [5.41, 5.74) is 0. The van der Waals surface area contributed by atoms with Crippen LogP contribution in [-0.2, 0) is 4.74 Å². The zero-order valence-corrected chi connectivity index (χ0v) is 11.4. The Balaban J connectivity index is 1.86. The van der Waals surface area contributed by atoms with Gasteiger partial charge in [0, 0.05) is 6.54 Å². The van der Waals surface area contributed by atoms with Crippen LogP contribution in [-0.4, -0.2) is 40.7 Å². The number of morpholine rings is 1. The van der Waals surface area contributed by atoms with Crippen LogP contribution in [0.15, 0.2) is 23.0 Å². The lowest BCUT2D eigenvalue weighted by Crippen LogP contribution is -2.43. The van der Waals surface area contributed by atoms with Crippen LogP contribution in [0, 0.1) is 0 Å². The molecule has 0 N–H and O–H groups in total. The van der Waals surface area contributed by atoms with E-state index in [4.69, 9.17) is 20.9 Å². The van der Waals surface area contributed by atoms with E-state index in [2.05, 4.69) is 10.1 Å². The van der Waals surface area contributed by atoms with Crippen LogP contribution < -0.4 is 0 Å². The summed E-state index contributed by atoms with van der Waals surface area (Å²) in [7, 11) is 0.